The van der Waals surface area contributed by atoms with E-state index >= 15 is 0 Å². The van der Waals surface area contributed by atoms with Crippen molar-refractivity contribution >= 4 is 23.2 Å². The van der Waals surface area contributed by atoms with Crippen molar-refractivity contribution in [3.63, 3.8) is 0 Å². The molecule has 1 unspecified atom stereocenters. The first-order chi connectivity index (χ1) is 19.2. The lowest BCUT2D eigenvalue weighted by atomic mass is 10.0. The number of amides is 2. The molecule has 2 saturated heterocycles. The van der Waals surface area contributed by atoms with Crippen LogP contribution in [0.25, 0.3) is 11.3 Å². The summed E-state index contributed by atoms with van der Waals surface area (Å²) in [7, 11) is 0. The number of aromatic nitrogens is 1. The van der Waals surface area contributed by atoms with Crippen LogP contribution in [0, 0.1) is 6.92 Å². The van der Waals surface area contributed by atoms with Crippen LogP contribution in [0.5, 0.6) is 0 Å². The Morgan fingerprint density at radius 2 is 1.82 bits per heavy atom. The summed E-state index contributed by atoms with van der Waals surface area (Å²) in [6.45, 7) is 4.20. The molecule has 0 aliphatic carbocycles. The van der Waals surface area contributed by atoms with Crippen LogP contribution in [-0.4, -0.2) is 49.3 Å². The first-order valence-electron chi connectivity index (χ1n) is 13.4. The monoisotopic (exact) mass is 556 g/mol. The third kappa shape index (κ3) is 6.47. The Balaban J connectivity index is 1.33. The number of alkyl halides is 3. The molecule has 3 aromatic rings. The largest absolute Gasteiger partial charge is 0.416 e. The molecule has 8 nitrogen and oxygen atoms in total. The lowest BCUT2D eigenvalue weighted by Gasteiger charge is -2.29. The molecule has 5 rings (SSSR count). The molecule has 1 atom stereocenters. The molecule has 1 aromatic heterocycles. The maximum Gasteiger partial charge on any atom is 0.416 e. The van der Waals surface area contributed by atoms with Crippen molar-refractivity contribution in [2.45, 2.75) is 51.3 Å². The molecule has 0 saturated carbocycles. The summed E-state index contributed by atoms with van der Waals surface area (Å²) in [6.07, 6.45) is 0.0763. The van der Waals surface area contributed by atoms with Crippen LogP contribution in [0.15, 0.2) is 47.0 Å². The number of hydrogen-bond donors (Lipinski definition) is 2. The van der Waals surface area contributed by atoms with Gasteiger partial charge in [0.05, 0.1) is 11.7 Å². The number of hydrogen-bond acceptors (Lipinski definition) is 6. The highest BCUT2D eigenvalue weighted by Gasteiger charge is 2.32. The topological polar surface area (TPSA) is 96.7 Å². The number of benzene rings is 2. The molecule has 212 valence electrons. The molecule has 2 aliphatic heterocycles. The minimum Gasteiger partial charge on any atom is -0.376 e. The number of aryl methyl sites for hydroxylation is 1. The lowest BCUT2D eigenvalue weighted by Crippen LogP contribution is -2.31. The third-order valence-electron chi connectivity index (χ3n) is 7.25. The number of piperidine rings is 1. The smallest absolute Gasteiger partial charge is 0.376 e. The van der Waals surface area contributed by atoms with E-state index in [0.717, 1.165) is 49.8 Å². The second-order valence-electron chi connectivity index (χ2n) is 10.2. The second kappa shape index (κ2) is 11.7. The first kappa shape index (κ1) is 27.7. The second-order valence-corrected chi connectivity index (χ2v) is 10.2. The Labute approximate surface area is 229 Å². The van der Waals surface area contributed by atoms with Gasteiger partial charge in [0.15, 0.2) is 0 Å². The van der Waals surface area contributed by atoms with Gasteiger partial charge in [-0.2, -0.15) is 13.2 Å². The molecular formula is C29H31F3N4O4. The predicted octanol–water partition coefficient (Wildman–Crippen LogP) is 5.82. The molecule has 11 heteroatoms. The number of nitrogens with zero attached hydrogens (tertiary/aromatic N) is 2. The van der Waals surface area contributed by atoms with Gasteiger partial charge in [-0.3, -0.25) is 9.59 Å². The van der Waals surface area contributed by atoms with Crippen LogP contribution in [0.1, 0.15) is 64.1 Å². The van der Waals surface area contributed by atoms with Crippen LogP contribution in [-0.2, 0) is 10.9 Å². The molecule has 2 amide bonds. The van der Waals surface area contributed by atoms with Gasteiger partial charge in [0.25, 0.3) is 11.8 Å². The van der Waals surface area contributed by atoms with Crippen molar-refractivity contribution in [3.05, 3.63) is 64.9 Å². The number of carbonyl (C=O) groups excluding carboxylic acids is 2. The quantitative estimate of drug-likeness (QED) is 0.381. The molecule has 0 bridgehead atoms. The molecule has 2 N–H and O–H groups in total. The molecule has 2 aliphatic rings. The number of anilines is 2. The Hall–Kier alpha value is -3.86. The van der Waals surface area contributed by atoms with Crippen molar-refractivity contribution in [3.8, 4) is 11.3 Å². The van der Waals surface area contributed by atoms with Gasteiger partial charge in [-0.15, -0.1) is 0 Å². The van der Waals surface area contributed by atoms with Gasteiger partial charge in [0, 0.05) is 54.8 Å². The van der Waals surface area contributed by atoms with Crippen molar-refractivity contribution in [2.75, 3.05) is 36.5 Å². The Morgan fingerprint density at radius 1 is 1.02 bits per heavy atom. The Bertz CT molecular complexity index is 1380. The standard InChI is InChI=1S/C29H31F3N4O4/c1-18-7-8-21(15-24(18)25-16-26(40-35-25)28(38)33-17-23-6-5-11-39-23)34-27(37)19-12-20(29(30,31)32)14-22(13-19)36-9-3-2-4-10-36/h7-8,12-16,23H,2-6,9-11,17H2,1H3,(H,33,38)(H,34,37). The highest BCUT2D eigenvalue weighted by molar-refractivity contribution is 6.05. The zero-order valence-electron chi connectivity index (χ0n) is 22.1. The van der Waals surface area contributed by atoms with Crippen molar-refractivity contribution in [1.82, 2.24) is 10.5 Å². The summed E-state index contributed by atoms with van der Waals surface area (Å²) in [6, 6.07) is 10.0. The highest BCUT2D eigenvalue weighted by Crippen LogP contribution is 2.34. The van der Waals surface area contributed by atoms with E-state index in [1.165, 1.54) is 12.1 Å². The fourth-order valence-corrected chi connectivity index (χ4v) is 5.03. The average Bonchev–Trinajstić information content (AvgIpc) is 3.65. The van der Waals surface area contributed by atoms with E-state index in [9.17, 15) is 22.8 Å². The summed E-state index contributed by atoms with van der Waals surface area (Å²) in [5.41, 5.74) is 1.62. The Morgan fingerprint density at radius 3 is 2.55 bits per heavy atom. The fraction of sp³-hybridized carbons (Fsp3) is 0.414. The van der Waals surface area contributed by atoms with Crippen LogP contribution in [0.4, 0.5) is 24.5 Å². The van der Waals surface area contributed by atoms with E-state index in [0.29, 0.717) is 48.9 Å². The van der Waals surface area contributed by atoms with Gasteiger partial charge in [-0.25, -0.2) is 0 Å². The lowest BCUT2D eigenvalue weighted by molar-refractivity contribution is -0.137. The van der Waals surface area contributed by atoms with E-state index in [4.69, 9.17) is 9.26 Å². The third-order valence-corrected chi connectivity index (χ3v) is 7.25. The Kier molecular flexibility index (Phi) is 8.11. The fourth-order valence-electron chi connectivity index (χ4n) is 5.03. The maximum absolute atomic E-state index is 13.7. The van der Waals surface area contributed by atoms with Gasteiger partial charge in [-0.1, -0.05) is 11.2 Å². The molecule has 2 aromatic carbocycles. The van der Waals surface area contributed by atoms with Crippen LogP contribution in [0.3, 0.4) is 0 Å². The number of rotatable bonds is 7. The summed E-state index contributed by atoms with van der Waals surface area (Å²) >= 11 is 0. The van der Waals surface area contributed by atoms with Crippen LogP contribution in [0.2, 0.25) is 0 Å². The zero-order valence-corrected chi connectivity index (χ0v) is 22.1. The van der Waals surface area contributed by atoms with Gasteiger partial charge < -0.3 is 24.8 Å². The van der Waals surface area contributed by atoms with Gasteiger partial charge in [0.1, 0.15) is 5.69 Å². The SMILES string of the molecule is Cc1ccc(NC(=O)c2cc(N3CCCCC3)cc(C(F)(F)F)c2)cc1-c1cc(C(=O)NCC2CCCO2)on1. The average molecular weight is 557 g/mol. The van der Waals surface area contributed by atoms with Crippen LogP contribution >= 0.6 is 0 Å². The van der Waals surface area contributed by atoms with Gasteiger partial charge >= 0.3 is 6.18 Å². The maximum atomic E-state index is 13.7. The number of nitrogens with one attached hydrogen (secondary N) is 2. The number of carbonyl (C=O) groups is 2. The number of ether oxygens (including phenoxy) is 1. The minimum absolute atomic E-state index is 0.0124. The van der Waals surface area contributed by atoms with E-state index in [1.54, 1.807) is 18.2 Å². The molecular weight excluding hydrogens is 525 g/mol. The van der Waals surface area contributed by atoms with E-state index in [2.05, 4.69) is 15.8 Å². The zero-order chi connectivity index (χ0) is 28.3. The summed E-state index contributed by atoms with van der Waals surface area (Å²) < 4.78 is 51.8. The molecule has 2 fully saturated rings. The summed E-state index contributed by atoms with van der Waals surface area (Å²) in [4.78, 5) is 27.5. The minimum atomic E-state index is -4.58. The molecule has 0 spiro atoms. The van der Waals surface area contributed by atoms with Gasteiger partial charge in [0.2, 0.25) is 5.76 Å². The molecule has 3 heterocycles. The van der Waals surface area contributed by atoms with Gasteiger partial charge in [-0.05, 0) is 74.9 Å². The van der Waals surface area contributed by atoms with Crippen molar-refractivity contribution in [1.29, 1.82) is 0 Å². The summed E-state index contributed by atoms with van der Waals surface area (Å²) in [5, 5.41) is 9.51. The van der Waals surface area contributed by atoms with Crippen molar-refractivity contribution < 1.29 is 32.0 Å². The molecule has 0 radical (unpaired) electrons. The first-order valence-corrected chi connectivity index (χ1v) is 13.4. The van der Waals surface area contributed by atoms with E-state index in [1.807, 2.05) is 11.8 Å². The number of halogens is 3. The predicted molar refractivity (Wildman–Crippen MR) is 143 cm³/mol. The normalized spacial score (nSPS) is 17.6. The highest BCUT2D eigenvalue weighted by atomic mass is 19.4. The summed E-state index contributed by atoms with van der Waals surface area (Å²) in [5.74, 6) is -1.03. The van der Waals surface area contributed by atoms with Crippen molar-refractivity contribution in [2.24, 2.45) is 0 Å². The molecule has 40 heavy (non-hydrogen) atoms. The van der Waals surface area contributed by atoms with Crippen LogP contribution < -0.4 is 15.5 Å². The van der Waals surface area contributed by atoms with E-state index in [-0.39, 0.29) is 17.4 Å². The van der Waals surface area contributed by atoms with E-state index < -0.39 is 23.6 Å².